The number of benzene rings is 1. The van der Waals surface area contributed by atoms with E-state index in [1.807, 2.05) is 24.3 Å². The molecule has 19 heavy (non-hydrogen) atoms. The van der Waals surface area contributed by atoms with Crippen molar-refractivity contribution in [2.45, 2.75) is 11.2 Å². The molecule has 1 fully saturated rings. The number of sulfone groups is 1. The zero-order valence-corrected chi connectivity index (χ0v) is 13.4. The third-order valence-electron chi connectivity index (χ3n) is 3.86. The van der Waals surface area contributed by atoms with E-state index >= 15 is 0 Å². The second kappa shape index (κ2) is 5.16. The van der Waals surface area contributed by atoms with Crippen LogP contribution in [-0.4, -0.2) is 40.2 Å². The Bertz CT molecular complexity index is 558. The van der Waals surface area contributed by atoms with Crippen molar-refractivity contribution < 1.29 is 13.2 Å². The Morgan fingerprint density at radius 3 is 2.37 bits per heavy atom. The monoisotopic (exact) mass is 347 g/mol. The van der Waals surface area contributed by atoms with Gasteiger partial charge in [-0.15, -0.1) is 0 Å². The van der Waals surface area contributed by atoms with Gasteiger partial charge in [0.05, 0.1) is 11.9 Å². The first kappa shape index (κ1) is 15.0. The average Bonchev–Trinajstić information content (AvgIpc) is 3.00. The van der Waals surface area contributed by atoms with Crippen molar-refractivity contribution in [3.63, 3.8) is 0 Å². The summed E-state index contributed by atoms with van der Waals surface area (Å²) < 4.78 is 30.1. The minimum absolute atomic E-state index is 0.0828. The molecule has 0 spiro atoms. The maximum Gasteiger partial charge on any atom is 0.151 e. The summed E-state index contributed by atoms with van der Waals surface area (Å²) in [5.41, 5.74) is 6.36. The molecule has 6 heteroatoms. The number of ether oxygens (including phenoxy) is 1. The summed E-state index contributed by atoms with van der Waals surface area (Å²) in [5.74, 6) is -0.0828. The van der Waals surface area contributed by atoms with Gasteiger partial charge in [0.25, 0.3) is 0 Å². The van der Waals surface area contributed by atoms with E-state index in [2.05, 4.69) is 15.9 Å². The number of rotatable bonds is 5. The van der Waals surface area contributed by atoms with Gasteiger partial charge in [-0.25, -0.2) is 8.42 Å². The largest absolute Gasteiger partial charge is 0.384 e. The van der Waals surface area contributed by atoms with Crippen molar-refractivity contribution in [2.24, 2.45) is 11.1 Å². The van der Waals surface area contributed by atoms with Gasteiger partial charge < -0.3 is 10.5 Å². The Balaban J connectivity index is 2.40. The Kier molecular flexibility index (Phi) is 4.07. The third kappa shape index (κ3) is 2.59. The summed E-state index contributed by atoms with van der Waals surface area (Å²) >= 11 is 3.38. The highest BCUT2D eigenvalue weighted by molar-refractivity contribution is 9.10. The summed E-state index contributed by atoms with van der Waals surface area (Å²) in [5, 5.41) is -0.453. The van der Waals surface area contributed by atoms with Gasteiger partial charge in [-0.2, -0.15) is 0 Å². The SMILES string of the molecule is COC[C@@]1(CN)[C@@H](c2ccc(Br)cc2)[C@@H]1S(C)(=O)=O. The smallest absolute Gasteiger partial charge is 0.151 e. The fourth-order valence-corrected chi connectivity index (χ4v) is 5.32. The van der Waals surface area contributed by atoms with Crippen LogP contribution in [0.15, 0.2) is 28.7 Å². The number of methoxy groups -OCH3 is 1. The van der Waals surface area contributed by atoms with Crippen LogP contribution >= 0.6 is 15.9 Å². The van der Waals surface area contributed by atoms with Crippen LogP contribution in [0.5, 0.6) is 0 Å². The molecule has 1 aromatic carbocycles. The molecule has 4 nitrogen and oxygen atoms in total. The average molecular weight is 348 g/mol. The second-order valence-electron chi connectivity index (χ2n) is 5.15. The predicted octanol–water partition coefficient (Wildman–Crippen LogP) is 1.55. The Morgan fingerprint density at radius 2 is 1.95 bits per heavy atom. The minimum Gasteiger partial charge on any atom is -0.384 e. The molecule has 2 rings (SSSR count). The molecule has 1 aromatic rings. The van der Waals surface area contributed by atoms with E-state index in [1.54, 1.807) is 7.11 Å². The van der Waals surface area contributed by atoms with Gasteiger partial charge >= 0.3 is 0 Å². The van der Waals surface area contributed by atoms with Gasteiger partial charge in [-0.3, -0.25) is 0 Å². The van der Waals surface area contributed by atoms with E-state index in [9.17, 15) is 8.42 Å². The number of halogens is 1. The lowest BCUT2D eigenvalue weighted by atomic mass is 10.0. The zero-order valence-electron chi connectivity index (χ0n) is 11.0. The lowest BCUT2D eigenvalue weighted by Crippen LogP contribution is -2.28. The fraction of sp³-hybridized carbons (Fsp3) is 0.538. The fourth-order valence-electron chi connectivity index (χ4n) is 3.05. The summed E-state index contributed by atoms with van der Waals surface area (Å²) in [4.78, 5) is 0. The Morgan fingerprint density at radius 1 is 1.37 bits per heavy atom. The molecular weight excluding hydrogens is 330 g/mol. The molecule has 0 saturated heterocycles. The van der Waals surface area contributed by atoms with E-state index in [1.165, 1.54) is 6.26 Å². The first-order valence-corrected chi connectivity index (χ1v) is 8.75. The second-order valence-corrected chi connectivity index (χ2v) is 8.23. The molecule has 0 bridgehead atoms. The van der Waals surface area contributed by atoms with Crippen LogP contribution in [0.25, 0.3) is 0 Å². The van der Waals surface area contributed by atoms with E-state index in [4.69, 9.17) is 10.5 Å². The highest BCUT2D eigenvalue weighted by Crippen LogP contribution is 2.62. The van der Waals surface area contributed by atoms with Crippen molar-refractivity contribution in [2.75, 3.05) is 26.5 Å². The van der Waals surface area contributed by atoms with Crippen molar-refractivity contribution >= 4 is 25.8 Å². The van der Waals surface area contributed by atoms with E-state index in [0.29, 0.717) is 13.2 Å². The van der Waals surface area contributed by atoms with E-state index < -0.39 is 20.5 Å². The van der Waals surface area contributed by atoms with Gasteiger partial charge in [0.15, 0.2) is 9.84 Å². The summed E-state index contributed by atoms with van der Waals surface area (Å²) in [7, 11) is -1.57. The lowest BCUT2D eigenvalue weighted by molar-refractivity contribution is 0.142. The standard InChI is InChI=1S/C13H18BrNO3S/c1-18-8-13(7-15)11(12(13)19(2,16)17)9-3-5-10(14)6-4-9/h3-6,11-12H,7-8,15H2,1-2H3/t11-,12-,13-/m0/s1. The molecule has 3 atom stereocenters. The van der Waals surface area contributed by atoms with Crippen LogP contribution in [0.4, 0.5) is 0 Å². The van der Waals surface area contributed by atoms with Crippen molar-refractivity contribution in [3.05, 3.63) is 34.3 Å². The minimum atomic E-state index is -3.15. The lowest BCUT2D eigenvalue weighted by Gasteiger charge is -2.14. The van der Waals surface area contributed by atoms with Crippen LogP contribution in [-0.2, 0) is 14.6 Å². The van der Waals surface area contributed by atoms with Gasteiger partial charge in [0.1, 0.15) is 0 Å². The molecule has 0 aliphatic heterocycles. The molecule has 0 unspecified atom stereocenters. The topological polar surface area (TPSA) is 69.4 Å². The Hall–Kier alpha value is -0.430. The molecule has 1 saturated carbocycles. The van der Waals surface area contributed by atoms with Crippen molar-refractivity contribution in [1.29, 1.82) is 0 Å². The van der Waals surface area contributed by atoms with Crippen molar-refractivity contribution in [3.8, 4) is 0 Å². The predicted molar refractivity (Wildman–Crippen MR) is 78.9 cm³/mol. The van der Waals surface area contributed by atoms with Gasteiger partial charge in [0, 0.05) is 35.7 Å². The van der Waals surface area contributed by atoms with Crippen molar-refractivity contribution in [1.82, 2.24) is 0 Å². The zero-order chi connectivity index (χ0) is 14.3. The van der Waals surface area contributed by atoms with E-state index in [-0.39, 0.29) is 5.92 Å². The first-order chi connectivity index (χ1) is 8.86. The number of hydrogen-bond donors (Lipinski definition) is 1. The van der Waals surface area contributed by atoms with Crippen LogP contribution in [0.1, 0.15) is 11.5 Å². The molecule has 0 amide bonds. The summed E-state index contributed by atoms with van der Waals surface area (Å²) in [6.45, 7) is 0.668. The highest BCUT2D eigenvalue weighted by Gasteiger charge is 2.69. The van der Waals surface area contributed by atoms with Crippen LogP contribution in [0, 0.1) is 5.41 Å². The summed E-state index contributed by atoms with van der Waals surface area (Å²) in [6.07, 6.45) is 1.27. The molecule has 1 aliphatic rings. The quantitative estimate of drug-likeness (QED) is 0.877. The van der Waals surface area contributed by atoms with Gasteiger partial charge in [-0.1, -0.05) is 28.1 Å². The molecule has 0 radical (unpaired) electrons. The first-order valence-electron chi connectivity index (χ1n) is 6.00. The molecule has 0 aromatic heterocycles. The van der Waals surface area contributed by atoms with Crippen LogP contribution < -0.4 is 5.73 Å². The molecule has 0 heterocycles. The van der Waals surface area contributed by atoms with Gasteiger partial charge in [0.2, 0.25) is 0 Å². The summed E-state index contributed by atoms with van der Waals surface area (Å²) in [6, 6.07) is 7.72. The molecule has 106 valence electrons. The Labute approximate surface area is 122 Å². The van der Waals surface area contributed by atoms with Crippen LogP contribution in [0.2, 0.25) is 0 Å². The number of hydrogen-bond acceptors (Lipinski definition) is 4. The normalized spacial score (nSPS) is 30.3. The van der Waals surface area contributed by atoms with Crippen LogP contribution in [0.3, 0.4) is 0 Å². The number of nitrogens with two attached hydrogens (primary N) is 1. The maximum absolute atomic E-state index is 12.0. The maximum atomic E-state index is 12.0. The molecular formula is C13H18BrNO3S. The van der Waals surface area contributed by atoms with E-state index in [0.717, 1.165) is 10.0 Å². The molecule has 1 aliphatic carbocycles. The molecule has 2 N–H and O–H groups in total. The third-order valence-corrected chi connectivity index (χ3v) is 6.06. The highest BCUT2D eigenvalue weighted by atomic mass is 79.9. The van der Waals surface area contributed by atoms with Gasteiger partial charge in [-0.05, 0) is 17.7 Å².